The van der Waals surface area contributed by atoms with Crippen LogP contribution in [-0.4, -0.2) is 62.0 Å². The Morgan fingerprint density at radius 3 is 1.96 bits per heavy atom. The Kier molecular flexibility index (Phi) is 5.91. The number of nitrogens with two attached hydrogens (primary N) is 1. The van der Waals surface area contributed by atoms with Crippen molar-refractivity contribution in [2.24, 2.45) is 10.7 Å². The summed E-state index contributed by atoms with van der Waals surface area (Å²) in [7, 11) is 7.17. The van der Waals surface area contributed by atoms with Crippen molar-refractivity contribution in [2.75, 3.05) is 35.4 Å². The molecule has 2 atom stereocenters. The van der Waals surface area contributed by atoms with Gasteiger partial charge in [0.2, 0.25) is 5.82 Å². The van der Waals surface area contributed by atoms with Gasteiger partial charge in [-0.25, -0.2) is 4.99 Å². The van der Waals surface area contributed by atoms with E-state index in [0.717, 1.165) is 0 Å². The summed E-state index contributed by atoms with van der Waals surface area (Å²) in [6.07, 6.45) is 0. The molecule has 152 valence electrons. The zero-order chi connectivity index (χ0) is 21.2. The van der Waals surface area contributed by atoms with Gasteiger partial charge in [-0.15, -0.1) is 0 Å². The van der Waals surface area contributed by atoms with Crippen LogP contribution in [0, 0.1) is 20.2 Å². The van der Waals surface area contributed by atoms with Gasteiger partial charge in [-0.3, -0.25) is 20.2 Å². The lowest BCUT2D eigenvalue weighted by Gasteiger charge is -2.29. The van der Waals surface area contributed by atoms with Gasteiger partial charge < -0.3 is 24.8 Å². The van der Waals surface area contributed by atoms with E-state index in [1.807, 2.05) is 0 Å². The molecule has 1 aliphatic rings. The van der Waals surface area contributed by atoms with Crippen LogP contribution in [0.25, 0.3) is 0 Å². The maximum atomic E-state index is 12.0. The molecule has 1 aromatic rings. The van der Waals surface area contributed by atoms with Crippen molar-refractivity contribution in [3.63, 3.8) is 0 Å². The first-order chi connectivity index (χ1) is 13.2. The summed E-state index contributed by atoms with van der Waals surface area (Å²) in [6.45, 7) is 0. The summed E-state index contributed by atoms with van der Waals surface area (Å²) in [4.78, 5) is 27.6. The summed E-state index contributed by atoms with van der Waals surface area (Å²) < 4.78 is 15.9. The second-order valence-corrected chi connectivity index (χ2v) is 6.05. The summed E-state index contributed by atoms with van der Waals surface area (Å²) in [5.74, 6) is -1.25. The molecule has 0 saturated heterocycles. The molecule has 2 rings (SSSR count). The molecular weight excluding hydrogens is 374 g/mol. The van der Waals surface area contributed by atoms with E-state index in [2.05, 4.69) is 4.99 Å². The van der Waals surface area contributed by atoms with Gasteiger partial charge in [0.05, 0.1) is 31.8 Å². The average Bonchev–Trinajstić information content (AvgIpc) is 2.64. The molecule has 0 radical (unpaired) electrons. The van der Waals surface area contributed by atoms with E-state index >= 15 is 0 Å². The molecule has 12 heteroatoms. The van der Waals surface area contributed by atoms with Gasteiger partial charge in [-0.2, -0.15) is 0 Å². The Labute approximate surface area is 160 Å². The topological polar surface area (TPSA) is 156 Å². The molecule has 1 aromatic carbocycles. The number of ether oxygens (including phenoxy) is 3. The van der Waals surface area contributed by atoms with Gasteiger partial charge in [-0.05, 0) is 0 Å². The largest absolute Gasteiger partial charge is 0.496 e. The molecule has 0 unspecified atom stereocenters. The van der Waals surface area contributed by atoms with Gasteiger partial charge in [0, 0.05) is 31.2 Å². The van der Waals surface area contributed by atoms with Gasteiger partial charge in [0.25, 0.3) is 6.04 Å². The Bertz CT molecular complexity index is 840. The Balaban J connectivity index is 2.91. The van der Waals surface area contributed by atoms with Crippen molar-refractivity contribution in [2.45, 2.75) is 12.0 Å². The zero-order valence-electron chi connectivity index (χ0n) is 16.0. The number of hydrogen-bond donors (Lipinski definition) is 1. The van der Waals surface area contributed by atoms with Crippen LogP contribution >= 0.6 is 0 Å². The molecule has 12 nitrogen and oxygen atoms in total. The van der Waals surface area contributed by atoms with Crippen LogP contribution in [0.4, 0.5) is 0 Å². The molecule has 28 heavy (non-hydrogen) atoms. The molecule has 0 amide bonds. The van der Waals surface area contributed by atoms with E-state index in [4.69, 9.17) is 19.9 Å². The predicted molar refractivity (Wildman–Crippen MR) is 99.0 cm³/mol. The lowest BCUT2D eigenvalue weighted by atomic mass is 9.84. The maximum absolute atomic E-state index is 12.0. The van der Waals surface area contributed by atoms with Gasteiger partial charge in [0.1, 0.15) is 17.2 Å². The van der Waals surface area contributed by atoms with Crippen molar-refractivity contribution < 1.29 is 24.1 Å². The summed E-state index contributed by atoms with van der Waals surface area (Å²) >= 11 is 0. The summed E-state index contributed by atoms with van der Waals surface area (Å²) in [5.41, 5.74) is 5.34. The number of likely N-dealkylation sites (N-methyl/N-ethyl adjacent to an activating group) is 1. The van der Waals surface area contributed by atoms with E-state index in [9.17, 15) is 20.2 Å². The van der Waals surface area contributed by atoms with Crippen molar-refractivity contribution >= 4 is 5.84 Å². The Morgan fingerprint density at radius 2 is 1.61 bits per heavy atom. The second kappa shape index (κ2) is 7.98. The van der Waals surface area contributed by atoms with Crippen LogP contribution in [-0.2, 0) is 0 Å². The first-order valence-corrected chi connectivity index (χ1v) is 8.01. The fourth-order valence-electron chi connectivity index (χ4n) is 3.13. The van der Waals surface area contributed by atoms with Crippen molar-refractivity contribution in [1.82, 2.24) is 4.90 Å². The summed E-state index contributed by atoms with van der Waals surface area (Å²) in [6, 6.07) is 1.34. The minimum Gasteiger partial charge on any atom is -0.496 e. The fourth-order valence-corrected chi connectivity index (χ4v) is 3.13. The van der Waals surface area contributed by atoms with Crippen LogP contribution in [0.1, 0.15) is 11.5 Å². The highest BCUT2D eigenvalue weighted by molar-refractivity contribution is 5.90. The first-order valence-electron chi connectivity index (χ1n) is 8.01. The zero-order valence-corrected chi connectivity index (χ0v) is 16.0. The van der Waals surface area contributed by atoms with E-state index in [1.165, 1.54) is 38.4 Å². The van der Waals surface area contributed by atoms with Gasteiger partial charge in [-0.1, -0.05) is 0 Å². The van der Waals surface area contributed by atoms with Crippen LogP contribution in [0.3, 0.4) is 0 Å². The molecular formula is C16H21N5O7. The van der Waals surface area contributed by atoms with Crippen molar-refractivity contribution in [3.05, 3.63) is 49.4 Å². The van der Waals surface area contributed by atoms with Crippen molar-refractivity contribution in [3.8, 4) is 17.2 Å². The summed E-state index contributed by atoms with van der Waals surface area (Å²) in [5, 5.41) is 23.7. The monoisotopic (exact) mass is 395 g/mol. The highest BCUT2D eigenvalue weighted by Crippen LogP contribution is 2.46. The molecule has 0 fully saturated rings. The third-order valence-corrected chi connectivity index (χ3v) is 4.32. The highest BCUT2D eigenvalue weighted by atomic mass is 16.6. The number of aliphatic imine (C=N–C) groups is 1. The number of hydrogen-bond acceptors (Lipinski definition) is 10. The van der Waals surface area contributed by atoms with Gasteiger partial charge >= 0.3 is 5.70 Å². The SMILES string of the molecule is COc1cc(OC)c([C@@H]2C([N+](=O)[O-])=C(N)N=C(N(C)C)[C@H]2[N+](=O)[O-])c(OC)c1. The molecule has 2 N–H and O–H groups in total. The Hall–Kier alpha value is -3.57. The standard InChI is InChI=1S/C16H21N5O7/c1-19(2)16-14(21(24)25)12(13(20(22)23)15(17)18-16)11-9(27-4)6-8(26-3)7-10(11)28-5/h6-7,12,14H,17H2,1-5H3/t12-,14+/m1/s1. The van der Waals surface area contributed by atoms with Crippen molar-refractivity contribution in [1.29, 1.82) is 0 Å². The minimum atomic E-state index is -1.58. The van der Waals surface area contributed by atoms with Crippen LogP contribution in [0.2, 0.25) is 0 Å². The molecule has 0 aromatic heterocycles. The number of rotatable bonds is 6. The number of benzene rings is 1. The number of methoxy groups -OCH3 is 3. The van der Waals surface area contributed by atoms with E-state index < -0.39 is 33.3 Å². The predicted octanol–water partition coefficient (Wildman–Crippen LogP) is 0.819. The molecule has 0 saturated carbocycles. The molecule has 0 bridgehead atoms. The van der Waals surface area contributed by atoms with Crippen LogP contribution in [0.5, 0.6) is 17.2 Å². The molecule has 0 spiro atoms. The smallest absolute Gasteiger partial charge is 0.303 e. The maximum Gasteiger partial charge on any atom is 0.303 e. The van der Waals surface area contributed by atoms with Gasteiger partial charge in [0.15, 0.2) is 11.8 Å². The third kappa shape index (κ3) is 3.48. The highest BCUT2D eigenvalue weighted by Gasteiger charge is 2.53. The number of amidine groups is 1. The number of nitro groups is 2. The third-order valence-electron chi connectivity index (χ3n) is 4.32. The van der Waals surface area contributed by atoms with E-state index in [-0.39, 0.29) is 22.9 Å². The Morgan fingerprint density at radius 1 is 1.07 bits per heavy atom. The average molecular weight is 395 g/mol. The lowest BCUT2D eigenvalue weighted by Crippen LogP contribution is -2.47. The lowest BCUT2D eigenvalue weighted by molar-refractivity contribution is -0.517. The fraction of sp³-hybridized carbons (Fsp3) is 0.438. The normalized spacial score (nSPS) is 19.0. The molecule has 1 heterocycles. The van der Waals surface area contributed by atoms with E-state index in [1.54, 1.807) is 14.1 Å². The van der Waals surface area contributed by atoms with Crippen LogP contribution in [0.15, 0.2) is 28.6 Å². The second-order valence-electron chi connectivity index (χ2n) is 6.05. The molecule has 1 aliphatic heterocycles. The quantitative estimate of drug-likeness (QED) is 0.544. The minimum absolute atomic E-state index is 0.0296. The van der Waals surface area contributed by atoms with E-state index in [0.29, 0.717) is 5.75 Å². The van der Waals surface area contributed by atoms with Crippen LogP contribution < -0.4 is 19.9 Å². The number of nitrogens with zero attached hydrogens (tertiary/aromatic N) is 4. The first kappa shape index (κ1) is 20.7. The molecule has 0 aliphatic carbocycles.